The molecule has 1 aromatic carbocycles. The van der Waals surface area contributed by atoms with Crippen LogP contribution in [0, 0.1) is 0 Å². The molecule has 1 aliphatic rings. The maximum Gasteiger partial charge on any atom is 0.228 e. The Labute approximate surface area is 135 Å². The van der Waals surface area contributed by atoms with Gasteiger partial charge >= 0.3 is 0 Å². The van der Waals surface area contributed by atoms with Crippen LogP contribution >= 0.6 is 38.9 Å². The number of thiophene rings is 1. The van der Waals surface area contributed by atoms with Crippen LogP contribution in [-0.4, -0.2) is 5.91 Å². The van der Waals surface area contributed by atoms with E-state index in [1.165, 1.54) is 10.4 Å². The van der Waals surface area contributed by atoms with Gasteiger partial charge in [0.1, 0.15) is 0 Å². The maximum absolute atomic E-state index is 11.5. The van der Waals surface area contributed by atoms with E-state index >= 15 is 0 Å². The predicted octanol–water partition coefficient (Wildman–Crippen LogP) is 4.94. The average Bonchev–Trinajstić information content (AvgIpc) is 3.01. The molecule has 1 aromatic heterocycles. The summed E-state index contributed by atoms with van der Waals surface area (Å²) in [5.74, 6) is 0.0321. The summed E-state index contributed by atoms with van der Waals surface area (Å²) in [6, 6.07) is 6.04. The number of alkyl halides is 1. The molecule has 0 fully saturated rings. The Morgan fingerprint density at radius 3 is 3.05 bits per heavy atom. The van der Waals surface area contributed by atoms with Crippen LogP contribution in [0.15, 0.2) is 23.6 Å². The van der Waals surface area contributed by atoms with E-state index < -0.39 is 0 Å². The number of hydrogen-bond donors (Lipinski definition) is 1. The molecule has 0 aliphatic carbocycles. The summed E-state index contributed by atoms with van der Waals surface area (Å²) in [7, 11) is 0. The van der Waals surface area contributed by atoms with Crippen LogP contribution in [-0.2, 0) is 17.6 Å². The predicted molar refractivity (Wildman–Crippen MR) is 88.3 cm³/mol. The van der Waals surface area contributed by atoms with E-state index in [-0.39, 0.29) is 10.7 Å². The van der Waals surface area contributed by atoms with Crippen molar-refractivity contribution in [3.05, 3.63) is 50.2 Å². The first kappa shape index (κ1) is 14.1. The van der Waals surface area contributed by atoms with Gasteiger partial charge in [0.2, 0.25) is 5.91 Å². The largest absolute Gasteiger partial charge is 0.325 e. The number of anilines is 1. The zero-order chi connectivity index (χ0) is 14.3. The third kappa shape index (κ3) is 2.41. The van der Waals surface area contributed by atoms with Crippen LogP contribution in [0.2, 0.25) is 5.02 Å². The number of benzene rings is 1. The van der Waals surface area contributed by atoms with Crippen molar-refractivity contribution in [3.63, 3.8) is 0 Å². The molecule has 1 aliphatic heterocycles. The van der Waals surface area contributed by atoms with E-state index in [9.17, 15) is 4.79 Å². The molecule has 3 rings (SSSR count). The van der Waals surface area contributed by atoms with E-state index in [0.29, 0.717) is 11.4 Å². The Bertz CT molecular complexity index is 683. The lowest BCUT2D eigenvalue weighted by atomic mass is 10.0. The number of rotatable bonds is 3. The number of hydrogen-bond acceptors (Lipinski definition) is 2. The van der Waals surface area contributed by atoms with Gasteiger partial charge in [-0.3, -0.25) is 4.79 Å². The molecule has 20 heavy (non-hydrogen) atoms. The molecule has 5 heteroatoms. The summed E-state index contributed by atoms with van der Waals surface area (Å²) in [6.07, 6.45) is 1.44. The van der Waals surface area contributed by atoms with Crippen LogP contribution in [0.1, 0.15) is 33.3 Å². The highest BCUT2D eigenvalue weighted by Crippen LogP contribution is 2.42. The van der Waals surface area contributed by atoms with Crippen molar-refractivity contribution in [1.29, 1.82) is 0 Å². The first-order valence-corrected chi connectivity index (χ1v) is 8.60. The molecule has 0 bridgehead atoms. The fraction of sp³-hybridized carbons (Fsp3) is 0.267. The van der Waals surface area contributed by atoms with E-state index in [1.54, 1.807) is 11.3 Å². The SMILES string of the molecule is CCc1ccsc1C(Br)c1cc2c(cc1Cl)NC(=O)C2. The quantitative estimate of drug-likeness (QED) is 0.762. The standard InChI is InChI=1S/C15H13BrClNOS/c1-2-8-3-4-20-15(8)14(16)10-5-9-6-13(19)18-12(9)7-11(10)17/h3-5,7,14H,2,6H2,1H3,(H,18,19). The number of amides is 1. The van der Waals surface area contributed by atoms with Crippen molar-refractivity contribution in [3.8, 4) is 0 Å². The zero-order valence-corrected chi connectivity index (χ0v) is 14.0. The maximum atomic E-state index is 11.5. The lowest BCUT2D eigenvalue weighted by Gasteiger charge is -2.14. The topological polar surface area (TPSA) is 29.1 Å². The van der Waals surface area contributed by atoms with Gasteiger partial charge in [-0.15, -0.1) is 11.3 Å². The third-order valence-corrected chi connectivity index (χ3v) is 6.12. The van der Waals surface area contributed by atoms with Gasteiger partial charge in [0.15, 0.2) is 0 Å². The van der Waals surface area contributed by atoms with Gasteiger partial charge in [-0.1, -0.05) is 40.5 Å². The normalized spacial score (nSPS) is 15.1. The fourth-order valence-corrected chi connectivity index (χ4v) is 4.85. The van der Waals surface area contributed by atoms with Gasteiger partial charge in [0.25, 0.3) is 0 Å². The van der Waals surface area contributed by atoms with Crippen LogP contribution in [0.25, 0.3) is 0 Å². The van der Waals surface area contributed by atoms with E-state index in [4.69, 9.17) is 11.6 Å². The molecule has 1 N–H and O–H groups in total. The van der Waals surface area contributed by atoms with Crippen LogP contribution < -0.4 is 5.32 Å². The van der Waals surface area contributed by atoms with Crippen molar-refractivity contribution < 1.29 is 4.79 Å². The highest BCUT2D eigenvalue weighted by Gasteiger charge is 2.24. The summed E-state index contributed by atoms with van der Waals surface area (Å²) >= 11 is 11.9. The minimum absolute atomic E-state index is 0.0321. The van der Waals surface area contributed by atoms with Crippen LogP contribution in [0.4, 0.5) is 5.69 Å². The molecular formula is C15H13BrClNOS. The first-order valence-electron chi connectivity index (χ1n) is 6.42. The highest BCUT2D eigenvalue weighted by atomic mass is 79.9. The van der Waals surface area contributed by atoms with Gasteiger partial charge in [0, 0.05) is 15.6 Å². The number of carbonyl (C=O) groups excluding carboxylic acids is 1. The summed E-state index contributed by atoms with van der Waals surface area (Å²) in [5.41, 5.74) is 4.22. The Kier molecular flexibility index (Phi) is 3.89. The zero-order valence-electron chi connectivity index (χ0n) is 10.9. The third-order valence-electron chi connectivity index (χ3n) is 3.51. The lowest BCUT2D eigenvalue weighted by Crippen LogP contribution is -2.03. The molecule has 0 saturated heterocycles. The molecule has 104 valence electrons. The van der Waals surface area contributed by atoms with Crippen LogP contribution in [0.3, 0.4) is 0 Å². The van der Waals surface area contributed by atoms with Gasteiger partial charge in [0.05, 0.1) is 11.2 Å². The summed E-state index contributed by atoms with van der Waals surface area (Å²) in [5, 5.41) is 5.62. The van der Waals surface area contributed by atoms with Crippen molar-refractivity contribution >= 4 is 50.5 Å². The van der Waals surface area contributed by atoms with Crippen molar-refractivity contribution in [2.24, 2.45) is 0 Å². The number of nitrogens with one attached hydrogen (secondary N) is 1. The molecule has 1 amide bonds. The first-order chi connectivity index (χ1) is 9.60. The summed E-state index contributed by atoms with van der Waals surface area (Å²) < 4.78 is 0. The number of halogens is 2. The van der Waals surface area contributed by atoms with Gasteiger partial charge in [-0.2, -0.15) is 0 Å². The minimum atomic E-state index is 0.0321. The van der Waals surface area contributed by atoms with Crippen molar-refractivity contribution in [1.82, 2.24) is 0 Å². The monoisotopic (exact) mass is 369 g/mol. The van der Waals surface area contributed by atoms with E-state index in [2.05, 4.69) is 39.6 Å². The lowest BCUT2D eigenvalue weighted by molar-refractivity contribution is -0.115. The van der Waals surface area contributed by atoms with Gasteiger partial charge < -0.3 is 5.32 Å². The van der Waals surface area contributed by atoms with Crippen molar-refractivity contribution in [2.75, 3.05) is 5.32 Å². The summed E-state index contributed by atoms with van der Waals surface area (Å²) in [4.78, 5) is 12.8. The number of carbonyl (C=O) groups is 1. The number of aryl methyl sites for hydroxylation is 1. The molecule has 1 unspecified atom stereocenters. The Morgan fingerprint density at radius 2 is 2.30 bits per heavy atom. The van der Waals surface area contributed by atoms with Crippen LogP contribution in [0.5, 0.6) is 0 Å². The molecule has 1 atom stereocenters. The molecule has 0 radical (unpaired) electrons. The summed E-state index contributed by atoms with van der Waals surface area (Å²) in [6.45, 7) is 2.15. The highest BCUT2D eigenvalue weighted by molar-refractivity contribution is 9.09. The molecule has 0 spiro atoms. The Hall–Kier alpha value is -0.840. The molecule has 2 aromatic rings. The second-order valence-corrected chi connectivity index (χ2v) is 7.05. The molecule has 0 saturated carbocycles. The van der Waals surface area contributed by atoms with E-state index in [1.807, 2.05) is 12.1 Å². The Balaban J connectivity index is 2.03. The van der Waals surface area contributed by atoms with Gasteiger partial charge in [-0.05, 0) is 40.6 Å². The van der Waals surface area contributed by atoms with Crippen molar-refractivity contribution in [2.45, 2.75) is 24.6 Å². The molecular weight excluding hydrogens is 358 g/mol. The smallest absolute Gasteiger partial charge is 0.228 e. The number of fused-ring (bicyclic) bond motifs is 1. The minimum Gasteiger partial charge on any atom is -0.325 e. The average molecular weight is 371 g/mol. The fourth-order valence-electron chi connectivity index (χ4n) is 2.46. The second-order valence-electron chi connectivity index (χ2n) is 4.78. The Morgan fingerprint density at radius 1 is 1.50 bits per heavy atom. The second kappa shape index (κ2) is 5.51. The van der Waals surface area contributed by atoms with Gasteiger partial charge in [-0.25, -0.2) is 0 Å². The van der Waals surface area contributed by atoms with E-state index in [0.717, 1.165) is 23.2 Å². The molecule has 2 nitrogen and oxygen atoms in total. The molecule has 2 heterocycles.